The van der Waals surface area contributed by atoms with E-state index in [-0.39, 0.29) is 24.3 Å². The van der Waals surface area contributed by atoms with Crippen molar-refractivity contribution in [1.29, 1.82) is 10.5 Å². The Morgan fingerprint density at radius 3 is 0.920 bits per heavy atom. The summed E-state index contributed by atoms with van der Waals surface area (Å²) in [6.45, 7) is 14.2. The molecule has 0 saturated carbocycles. The summed E-state index contributed by atoms with van der Waals surface area (Å²) in [5, 5.41) is 81.4. The lowest BCUT2D eigenvalue weighted by molar-refractivity contribution is -0.907. The van der Waals surface area contributed by atoms with E-state index in [1.54, 1.807) is 9.80 Å². The lowest BCUT2D eigenvalue weighted by atomic mass is 9.73. The quantitative estimate of drug-likeness (QED) is 0.0516. The number of quaternary nitrogens is 2. The second-order valence-corrected chi connectivity index (χ2v) is 23.5. The molecule has 8 rings (SSSR count). The van der Waals surface area contributed by atoms with Gasteiger partial charge in [-0.05, 0) is 86.1 Å². The van der Waals surface area contributed by atoms with Gasteiger partial charge in [-0.1, -0.05) is 102 Å². The normalized spacial score (nSPS) is 21.3. The number of nitriles is 2. The highest BCUT2D eigenvalue weighted by molar-refractivity contribution is 7.86. The number of benzene rings is 6. The van der Waals surface area contributed by atoms with Gasteiger partial charge < -0.3 is 9.11 Å². The van der Waals surface area contributed by atoms with E-state index >= 15 is 0 Å². The van der Waals surface area contributed by atoms with Crippen LogP contribution in [0.3, 0.4) is 0 Å². The maximum absolute atomic E-state index is 10.8. The largest absolute Gasteiger partial charge is 0.744 e. The van der Waals surface area contributed by atoms with E-state index in [1.165, 1.54) is 61.0 Å². The van der Waals surface area contributed by atoms with Gasteiger partial charge in [0.25, 0.3) is 11.4 Å². The van der Waals surface area contributed by atoms with Gasteiger partial charge in [-0.3, -0.25) is 70.5 Å². The van der Waals surface area contributed by atoms with E-state index < -0.39 is 93.7 Å². The Balaban J connectivity index is 0.000000216. The lowest BCUT2D eigenvalue weighted by Crippen LogP contribution is -3.13. The van der Waals surface area contributed by atoms with Gasteiger partial charge in [0.2, 0.25) is 9.79 Å². The van der Waals surface area contributed by atoms with Crippen LogP contribution in [0, 0.1) is 107 Å². The van der Waals surface area contributed by atoms with Crippen molar-refractivity contribution in [2.24, 2.45) is 23.7 Å². The van der Waals surface area contributed by atoms with Crippen molar-refractivity contribution in [3.63, 3.8) is 0 Å². The molecule has 2 aliphatic rings. The smallest absolute Gasteiger partial charge is 0.300 e. The number of piperidine rings is 2. The number of nitrogens with one attached hydrogen (secondary N) is 2. The predicted molar refractivity (Wildman–Crippen MR) is 314 cm³/mol. The number of hydrogen-bond acceptors (Lipinski definition) is 20. The van der Waals surface area contributed by atoms with Crippen molar-refractivity contribution in [3.05, 3.63) is 216 Å². The summed E-state index contributed by atoms with van der Waals surface area (Å²) in [6, 6.07) is 45.8. The highest BCUT2D eigenvalue weighted by Gasteiger charge is 2.46. The van der Waals surface area contributed by atoms with Crippen molar-refractivity contribution in [3.8, 4) is 12.1 Å². The molecule has 30 heteroatoms. The molecule has 28 nitrogen and oxygen atoms in total. The third kappa shape index (κ3) is 16.5. The topological polar surface area (TPSA) is 430 Å². The first-order valence-electron chi connectivity index (χ1n) is 27.5. The number of para-hydroxylation sites is 2. The summed E-state index contributed by atoms with van der Waals surface area (Å²) >= 11 is 0. The molecule has 0 bridgehead atoms. The molecular formula is C58H62N10O18S2. The van der Waals surface area contributed by atoms with Crippen LogP contribution in [0.1, 0.15) is 114 Å². The van der Waals surface area contributed by atoms with Crippen molar-refractivity contribution in [1.82, 2.24) is 0 Å². The van der Waals surface area contributed by atoms with E-state index in [0.29, 0.717) is 24.2 Å². The Kier molecular flexibility index (Phi) is 23.7. The molecule has 6 aromatic rings. The number of hydrogen-bond donors (Lipinski definition) is 2. The Bertz CT molecular complexity index is 3530. The molecule has 0 amide bonds. The maximum atomic E-state index is 10.8. The third-order valence-electron chi connectivity index (χ3n) is 16.0. The zero-order valence-corrected chi connectivity index (χ0v) is 49.9. The lowest BCUT2D eigenvalue weighted by Gasteiger charge is -2.46. The molecule has 2 heterocycles. The fourth-order valence-electron chi connectivity index (χ4n) is 12.3. The second-order valence-electron chi connectivity index (χ2n) is 20.9. The first-order chi connectivity index (χ1) is 41.5. The molecule has 2 unspecified atom stereocenters. The number of nitrogens with zero attached hydrogens (tertiary/aromatic N) is 8. The number of non-ortho nitro benzene ring substituents is 2. The van der Waals surface area contributed by atoms with E-state index in [9.17, 15) is 86.6 Å². The zero-order valence-electron chi connectivity index (χ0n) is 48.3. The van der Waals surface area contributed by atoms with Crippen LogP contribution in [0.25, 0.3) is 0 Å². The van der Waals surface area contributed by atoms with Crippen LogP contribution in [0.4, 0.5) is 45.5 Å². The minimum atomic E-state index is -5.55. The molecule has 2 fully saturated rings. The molecule has 0 aliphatic carbocycles. The van der Waals surface area contributed by atoms with Crippen LogP contribution in [0.15, 0.2) is 143 Å². The SMILES string of the molecule is CC[C@@H]1[C@H](C)C[C@H](c2ccc(C#N)cc2)[NH+](c2ccccc2)[C@@H]1CC.CC[C@H]1[C@@H](C)C[C@@H](c2ccc(C#N)cc2)[NH+](c2ccccc2)[C@H]1CC.O=[N+]([O-])c1cc([N+](=O)[O-])c(S(=O)(=O)[O-])c([N+](=O)[O-])c1.O=[N+]([O-])c1cc([N+](=O)[O-])c(S(=O)(=O)[O-])c([N+](=O)[O-])c1. The third-order valence-corrected chi connectivity index (χ3v) is 17.8. The van der Waals surface area contributed by atoms with Crippen LogP contribution in [-0.4, -0.2) is 67.6 Å². The van der Waals surface area contributed by atoms with Gasteiger partial charge in [0, 0.05) is 35.8 Å². The van der Waals surface area contributed by atoms with Gasteiger partial charge in [-0.15, -0.1) is 0 Å². The van der Waals surface area contributed by atoms with Crippen molar-refractivity contribution < 1.29 is 65.3 Å². The molecule has 0 radical (unpaired) electrons. The highest BCUT2D eigenvalue weighted by atomic mass is 32.2. The van der Waals surface area contributed by atoms with Gasteiger partial charge in [0.05, 0.1) is 89.2 Å². The fraction of sp³-hybridized carbons (Fsp3) is 0.345. The number of nitro groups is 6. The van der Waals surface area contributed by atoms with E-state index in [0.717, 1.165) is 34.8 Å². The first kappa shape index (κ1) is 69.2. The first-order valence-corrected chi connectivity index (χ1v) is 30.3. The van der Waals surface area contributed by atoms with Gasteiger partial charge in [-0.2, -0.15) is 10.5 Å². The summed E-state index contributed by atoms with van der Waals surface area (Å²) in [5.74, 6) is 2.97. The Morgan fingerprint density at radius 2 is 0.716 bits per heavy atom. The summed E-state index contributed by atoms with van der Waals surface area (Å²) in [5.41, 5.74) is -1.23. The Morgan fingerprint density at radius 1 is 0.443 bits per heavy atom. The van der Waals surface area contributed by atoms with Crippen molar-refractivity contribution in [2.75, 3.05) is 0 Å². The monoisotopic (exact) mass is 1250 g/mol. The molecule has 2 N–H and O–H groups in total. The molecule has 0 spiro atoms. The van der Waals surface area contributed by atoms with Crippen LogP contribution in [0.5, 0.6) is 0 Å². The predicted octanol–water partition coefficient (Wildman–Crippen LogP) is 9.95. The Labute approximate surface area is 505 Å². The van der Waals surface area contributed by atoms with Gasteiger partial charge >= 0.3 is 22.7 Å². The van der Waals surface area contributed by atoms with Crippen LogP contribution in [0.2, 0.25) is 0 Å². The summed E-state index contributed by atoms with van der Waals surface area (Å²) in [6.07, 6.45) is 7.28. The summed E-state index contributed by atoms with van der Waals surface area (Å²) < 4.78 is 65.0. The van der Waals surface area contributed by atoms with E-state index in [4.69, 9.17) is 10.5 Å². The van der Waals surface area contributed by atoms with Crippen LogP contribution in [-0.2, 0) is 20.2 Å². The van der Waals surface area contributed by atoms with Crippen LogP contribution < -0.4 is 9.80 Å². The average molecular weight is 1250 g/mol. The van der Waals surface area contributed by atoms with Crippen molar-refractivity contribution in [2.45, 2.75) is 114 Å². The molecule has 464 valence electrons. The van der Waals surface area contributed by atoms with Gasteiger partial charge in [-0.25, -0.2) is 16.8 Å². The van der Waals surface area contributed by atoms with Crippen molar-refractivity contribution >= 4 is 65.7 Å². The van der Waals surface area contributed by atoms with E-state index in [1.807, 2.05) is 24.3 Å². The standard InChI is InChI=1S/2C23H28N2.2C6H3N3O9S/c2*1-4-21-17(3)15-23(19-13-11-18(16-24)12-14-19)25(22(21)5-2)20-9-7-6-8-10-20;2*10-7(11)3-1-4(8(12)13)6(19(16,17)18)5(2-3)9(14)15/h2*6-14,17,21-23H,4-5,15H2,1-3H3;2*1-2H,(H,16,17,18)/t2*17-,21-,22-,23-;;/m10../s1. The zero-order chi connectivity index (χ0) is 65.5. The maximum Gasteiger partial charge on any atom is 0.300 e. The second kappa shape index (κ2) is 30.2. The minimum absolute atomic E-state index is 0.164. The molecule has 2 saturated heterocycles. The summed E-state index contributed by atoms with van der Waals surface area (Å²) in [4.78, 5) is 54.9. The number of rotatable bonds is 16. The molecule has 0 aromatic heterocycles. The average Bonchev–Trinajstić information content (AvgIpc) is 0.881. The minimum Gasteiger partial charge on any atom is -0.744 e. The molecule has 2 aliphatic heterocycles. The molecule has 6 aromatic carbocycles. The van der Waals surface area contributed by atoms with Crippen LogP contribution >= 0.6 is 0 Å². The fourth-order valence-corrected chi connectivity index (χ4v) is 13.8. The summed E-state index contributed by atoms with van der Waals surface area (Å²) in [7, 11) is -11.1. The molecular weight excluding hydrogens is 1190 g/mol. The van der Waals surface area contributed by atoms with Gasteiger partial charge in [0.1, 0.15) is 43.7 Å². The van der Waals surface area contributed by atoms with E-state index in [2.05, 4.69) is 139 Å². The Hall–Kier alpha value is -9.56. The number of nitro benzene ring substituents is 6. The molecule has 88 heavy (non-hydrogen) atoms. The molecule has 10 atom stereocenters. The van der Waals surface area contributed by atoms with Gasteiger partial charge in [0.15, 0.2) is 0 Å². The highest BCUT2D eigenvalue weighted by Crippen LogP contribution is 2.40.